The van der Waals surface area contributed by atoms with Crippen LogP contribution in [0.1, 0.15) is 11.3 Å². The molecular weight excluding hydrogens is 174 g/mol. The number of hydrogen-bond acceptors (Lipinski definition) is 1. The molecule has 14 heavy (non-hydrogen) atoms. The first-order valence-electron chi connectivity index (χ1n) is 4.65. The maximum atomic E-state index is 11.6. The van der Waals surface area contributed by atoms with Crippen LogP contribution in [0.5, 0.6) is 0 Å². The number of para-hydroxylation sites is 1. The second-order valence-electron chi connectivity index (χ2n) is 3.50. The molecule has 0 amide bonds. The maximum absolute atomic E-state index is 11.6. The standard InChI is InChI=1S/C12H9NO/c14-12-7-3-5-10-8-9-4-1-2-6-11(9)13(10)12/h1-7H,8H2. The van der Waals surface area contributed by atoms with Crippen molar-refractivity contribution in [2.75, 3.05) is 0 Å². The first-order chi connectivity index (χ1) is 6.86. The van der Waals surface area contributed by atoms with Crippen LogP contribution in [0.4, 0.5) is 0 Å². The van der Waals surface area contributed by atoms with Gasteiger partial charge < -0.3 is 0 Å². The van der Waals surface area contributed by atoms with Gasteiger partial charge >= 0.3 is 0 Å². The molecule has 0 unspecified atom stereocenters. The lowest BCUT2D eigenvalue weighted by atomic mass is 10.1. The lowest BCUT2D eigenvalue weighted by Gasteiger charge is -2.02. The van der Waals surface area contributed by atoms with Crippen molar-refractivity contribution in [3.05, 3.63) is 64.1 Å². The number of aromatic nitrogens is 1. The minimum absolute atomic E-state index is 0.0625. The van der Waals surface area contributed by atoms with Crippen LogP contribution in [-0.2, 0) is 6.42 Å². The second-order valence-corrected chi connectivity index (χ2v) is 3.50. The molecule has 0 N–H and O–H groups in total. The first-order valence-corrected chi connectivity index (χ1v) is 4.65. The summed E-state index contributed by atoms with van der Waals surface area (Å²) in [6.07, 6.45) is 0.867. The van der Waals surface area contributed by atoms with Gasteiger partial charge in [-0.05, 0) is 17.7 Å². The predicted molar refractivity (Wildman–Crippen MR) is 54.8 cm³/mol. The highest BCUT2D eigenvalue weighted by Gasteiger charge is 2.17. The van der Waals surface area contributed by atoms with Gasteiger partial charge in [0.1, 0.15) is 0 Å². The Hall–Kier alpha value is -1.83. The minimum atomic E-state index is 0.0625. The Labute approximate surface area is 81.4 Å². The molecule has 1 aliphatic rings. The van der Waals surface area contributed by atoms with E-state index in [0.29, 0.717) is 0 Å². The highest BCUT2D eigenvalue weighted by Crippen LogP contribution is 2.24. The lowest BCUT2D eigenvalue weighted by molar-refractivity contribution is 0.962. The average Bonchev–Trinajstić information content (AvgIpc) is 2.57. The topological polar surface area (TPSA) is 22.0 Å². The van der Waals surface area contributed by atoms with Gasteiger partial charge in [0.2, 0.25) is 0 Å². The summed E-state index contributed by atoms with van der Waals surface area (Å²) in [6.45, 7) is 0. The SMILES string of the molecule is O=c1cccc2n1-c1ccccc1C2. The molecule has 2 heteroatoms. The zero-order valence-corrected chi connectivity index (χ0v) is 7.60. The molecule has 0 bridgehead atoms. The summed E-state index contributed by atoms with van der Waals surface area (Å²) in [4.78, 5) is 11.6. The second kappa shape index (κ2) is 2.58. The van der Waals surface area contributed by atoms with E-state index in [2.05, 4.69) is 6.07 Å². The normalized spacial score (nSPS) is 12.3. The van der Waals surface area contributed by atoms with Crippen LogP contribution < -0.4 is 5.56 Å². The number of nitrogens with zero attached hydrogens (tertiary/aromatic N) is 1. The molecule has 2 aromatic rings. The van der Waals surface area contributed by atoms with Gasteiger partial charge in [0.25, 0.3) is 5.56 Å². The largest absolute Gasteiger partial charge is 0.281 e. The Kier molecular flexibility index (Phi) is 1.39. The molecule has 0 saturated carbocycles. The zero-order valence-electron chi connectivity index (χ0n) is 7.60. The molecule has 0 radical (unpaired) electrons. The third-order valence-electron chi connectivity index (χ3n) is 2.64. The number of hydrogen-bond donors (Lipinski definition) is 0. The van der Waals surface area contributed by atoms with E-state index in [4.69, 9.17) is 0 Å². The molecular formula is C12H9NO. The molecule has 2 nitrogen and oxygen atoms in total. The van der Waals surface area contributed by atoms with Crippen LogP contribution in [0.3, 0.4) is 0 Å². The van der Waals surface area contributed by atoms with Crippen molar-refractivity contribution < 1.29 is 0 Å². The van der Waals surface area contributed by atoms with Gasteiger partial charge in [-0.2, -0.15) is 0 Å². The molecule has 3 rings (SSSR count). The van der Waals surface area contributed by atoms with Crippen LogP contribution in [-0.4, -0.2) is 4.57 Å². The smallest absolute Gasteiger partial charge is 0.255 e. The van der Waals surface area contributed by atoms with E-state index >= 15 is 0 Å². The van der Waals surface area contributed by atoms with Crippen molar-refractivity contribution in [1.82, 2.24) is 4.57 Å². The highest BCUT2D eigenvalue weighted by molar-refractivity contribution is 5.49. The molecule has 0 spiro atoms. The predicted octanol–water partition coefficient (Wildman–Crippen LogP) is 1.74. The fourth-order valence-corrected chi connectivity index (χ4v) is 2.02. The van der Waals surface area contributed by atoms with Crippen molar-refractivity contribution in [3.8, 4) is 5.69 Å². The van der Waals surface area contributed by atoms with E-state index < -0.39 is 0 Å². The molecule has 0 fully saturated rings. The number of fused-ring (bicyclic) bond motifs is 3. The fourth-order valence-electron chi connectivity index (χ4n) is 2.02. The summed E-state index contributed by atoms with van der Waals surface area (Å²) < 4.78 is 1.79. The van der Waals surface area contributed by atoms with E-state index in [0.717, 1.165) is 17.8 Å². The van der Waals surface area contributed by atoms with Crippen molar-refractivity contribution >= 4 is 0 Å². The number of benzene rings is 1. The first kappa shape index (κ1) is 7.56. The molecule has 1 aliphatic heterocycles. The molecule has 68 valence electrons. The van der Waals surface area contributed by atoms with E-state index in [1.165, 1.54) is 5.56 Å². The summed E-state index contributed by atoms with van der Waals surface area (Å²) in [6, 6.07) is 13.5. The number of rotatable bonds is 0. The van der Waals surface area contributed by atoms with Gasteiger partial charge in [-0.3, -0.25) is 9.36 Å². The van der Waals surface area contributed by atoms with Crippen molar-refractivity contribution in [2.45, 2.75) is 6.42 Å². The summed E-state index contributed by atoms with van der Waals surface area (Å²) in [5, 5.41) is 0. The Bertz CT molecular complexity index is 554. The average molecular weight is 183 g/mol. The van der Waals surface area contributed by atoms with Crippen molar-refractivity contribution in [2.24, 2.45) is 0 Å². The van der Waals surface area contributed by atoms with Crippen LogP contribution in [0.15, 0.2) is 47.3 Å². The summed E-state index contributed by atoms with van der Waals surface area (Å²) in [5.74, 6) is 0. The van der Waals surface area contributed by atoms with E-state index in [-0.39, 0.29) is 5.56 Å². The molecule has 1 aromatic carbocycles. The maximum Gasteiger partial charge on any atom is 0.255 e. The van der Waals surface area contributed by atoms with Crippen LogP contribution in [0.2, 0.25) is 0 Å². The minimum Gasteiger partial charge on any atom is -0.281 e. The van der Waals surface area contributed by atoms with Crippen molar-refractivity contribution in [1.29, 1.82) is 0 Å². The van der Waals surface area contributed by atoms with Gasteiger partial charge in [-0.25, -0.2) is 0 Å². The van der Waals surface area contributed by atoms with Gasteiger partial charge in [0, 0.05) is 18.2 Å². The van der Waals surface area contributed by atoms with Crippen LogP contribution >= 0.6 is 0 Å². The third-order valence-corrected chi connectivity index (χ3v) is 2.64. The monoisotopic (exact) mass is 183 g/mol. The molecule has 1 aromatic heterocycles. The Morgan fingerprint density at radius 3 is 2.79 bits per heavy atom. The van der Waals surface area contributed by atoms with Crippen LogP contribution in [0, 0.1) is 0 Å². The van der Waals surface area contributed by atoms with Crippen molar-refractivity contribution in [3.63, 3.8) is 0 Å². The van der Waals surface area contributed by atoms with Gasteiger partial charge in [-0.1, -0.05) is 24.3 Å². The van der Waals surface area contributed by atoms with E-state index in [1.807, 2.05) is 30.3 Å². The quantitative estimate of drug-likeness (QED) is 0.520. The Morgan fingerprint density at radius 1 is 1.00 bits per heavy atom. The van der Waals surface area contributed by atoms with E-state index in [1.54, 1.807) is 10.6 Å². The summed E-state index contributed by atoms with van der Waals surface area (Å²) in [7, 11) is 0. The van der Waals surface area contributed by atoms with Gasteiger partial charge in [0.15, 0.2) is 0 Å². The number of pyridine rings is 1. The van der Waals surface area contributed by atoms with E-state index in [9.17, 15) is 4.79 Å². The Balaban J connectivity index is 2.41. The van der Waals surface area contributed by atoms with Crippen LogP contribution in [0.25, 0.3) is 5.69 Å². The zero-order chi connectivity index (χ0) is 9.54. The van der Waals surface area contributed by atoms with Gasteiger partial charge in [-0.15, -0.1) is 0 Å². The fraction of sp³-hybridized carbons (Fsp3) is 0.0833. The summed E-state index contributed by atoms with van der Waals surface area (Å²) >= 11 is 0. The highest BCUT2D eigenvalue weighted by atomic mass is 16.1. The summed E-state index contributed by atoms with van der Waals surface area (Å²) in [5.41, 5.74) is 3.41. The molecule has 0 saturated heterocycles. The van der Waals surface area contributed by atoms with Gasteiger partial charge in [0.05, 0.1) is 5.69 Å². The Morgan fingerprint density at radius 2 is 1.86 bits per heavy atom. The lowest BCUT2D eigenvalue weighted by Crippen LogP contribution is -2.16. The third kappa shape index (κ3) is 0.880. The molecule has 2 heterocycles. The molecule has 0 aliphatic carbocycles. The molecule has 0 atom stereocenters.